The molecular weight excluding hydrogens is 257 g/mol. The van der Waals surface area contributed by atoms with Crippen molar-refractivity contribution in [2.45, 2.75) is 0 Å². The summed E-state index contributed by atoms with van der Waals surface area (Å²) in [5.74, 6) is 1.21. The summed E-state index contributed by atoms with van der Waals surface area (Å²) >= 11 is 0. The van der Waals surface area contributed by atoms with Crippen LogP contribution in [0, 0.1) is 5.82 Å². The highest BCUT2D eigenvalue weighted by atomic mass is 19.1. The van der Waals surface area contributed by atoms with E-state index in [-0.39, 0.29) is 5.82 Å². The van der Waals surface area contributed by atoms with E-state index in [9.17, 15) is 4.39 Å². The van der Waals surface area contributed by atoms with Crippen molar-refractivity contribution in [3.8, 4) is 0 Å². The molecule has 3 rings (SSSR count). The van der Waals surface area contributed by atoms with Gasteiger partial charge in [-0.2, -0.15) is 0 Å². The molecule has 0 bridgehead atoms. The normalized spacial score (nSPS) is 10.8. The molecule has 0 aliphatic rings. The molecule has 0 atom stereocenters. The molecule has 0 spiro atoms. The Labute approximate surface area is 115 Å². The molecule has 0 saturated carbocycles. The van der Waals surface area contributed by atoms with Crippen LogP contribution in [0.2, 0.25) is 0 Å². The highest BCUT2D eigenvalue weighted by molar-refractivity contribution is 5.81. The number of anilines is 3. The third-order valence-corrected chi connectivity index (χ3v) is 3.11. The minimum Gasteiger partial charge on any atom is -0.359 e. The first kappa shape index (κ1) is 12.4. The van der Waals surface area contributed by atoms with E-state index >= 15 is 0 Å². The van der Waals surface area contributed by atoms with Crippen LogP contribution >= 0.6 is 0 Å². The number of hydrogen-bond donors (Lipinski definition) is 2. The maximum atomic E-state index is 12.9. The summed E-state index contributed by atoms with van der Waals surface area (Å²) in [6.45, 7) is 0. The molecular formula is C14H14FN5. The molecule has 0 aliphatic carbocycles. The summed E-state index contributed by atoms with van der Waals surface area (Å²) < 4.78 is 14.8. The molecule has 3 aromatic rings. The SMILES string of the molecule is CNc1nc2cnc(Nc3ccc(F)cc3)cc2n1C. The molecule has 6 heteroatoms. The molecule has 2 N–H and O–H groups in total. The van der Waals surface area contributed by atoms with Gasteiger partial charge in [0, 0.05) is 25.8 Å². The van der Waals surface area contributed by atoms with Gasteiger partial charge in [0.25, 0.3) is 0 Å². The smallest absolute Gasteiger partial charge is 0.203 e. The summed E-state index contributed by atoms with van der Waals surface area (Å²) in [6, 6.07) is 8.06. The van der Waals surface area contributed by atoms with Gasteiger partial charge in [0.2, 0.25) is 5.95 Å². The number of imidazole rings is 1. The van der Waals surface area contributed by atoms with E-state index < -0.39 is 0 Å². The molecule has 0 aliphatic heterocycles. The summed E-state index contributed by atoms with van der Waals surface area (Å²) in [7, 11) is 3.76. The van der Waals surface area contributed by atoms with Crippen LogP contribution in [0.3, 0.4) is 0 Å². The Morgan fingerprint density at radius 1 is 1.20 bits per heavy atom. The quantitative estimate of drug-likeness (QED) is 0.769. The van der Waals surface area contributed by atoms with E-state index in [2.05, 4.69) is 20.6 Å². The number of aromatic nitrogens is 3. The third kappa shape index (κ3) is 2.16. The number of halogens is 1. The van der Waals surface area contributed by atoms with Gasteiger partial charge < -0.3 is 15.2 Å². The van der Waals surface area contributed by atoms with E-state index in [1.54, 1.807) is 18.3 Å². The molecule has 0 radical (unpaired) electrons. The Balaban J connectivity index is 1.96. The molecule has 20 heavy (non-hydrogen) atoms. The van der Waals surface area contributed by atoms with Crippen LogP contribution in [-0.4, -0.2) is 21.6 Å². The van der Waals surface area contributed by atoms with Gasteiger partial charge in [0.15, 0.2) is 0 Å². The molecule has 0 amide bonds. The Hall–Kier alpha value is -2.63. The van der Waals surface area contributed by atoms with Crippen molar-refractivity contribution < 1.29 is 4.39 Å². The summed E-state index contributed by atoms with van der Waals surface area (Å²) in [5, 5.41) is 6.16. The number of fused-ring (bicyclic) bond motifs is 1. The predicted octanol–water partition coefficient (Wildman–Crippen LogP) is 2.89. The fourth-order valence-corrected chi connectivity index (χ4v) is 2.07. The van der Waals surface area contributed by atoms with Gasteiger partial charge in [0.05, 0.1) is 11.7 Å². The van der Waals surface area contributed by atoms with E-state index in [0.29, 0.717) is 5.82 Å². The Morgan fingerprint density at radius 2 is 1.95 bits per heavy atom. The Bertz CT molecular complexity index is 748. The number of pyridine rings is 1. The first-order chi connectivity index (χ1) is 9.67. The predicted molar refractivity (Wildman–Crippen MR) is 77.7 cm³/mol. The fraction of sp³-hybridized carbons (Fsp3) is 0.143. The molecule has 5 nitrogen and oxygen atoms in total. The van der Waals surface area contributed by atoms with Crippen LogP contribution in [-0.2, 0) is 7.05 Å². The monoisotopic (exact) mass is 271 g/mol. The van der Waals surface area contributed by atoms with Crippen molar-refractivity contribution in [1.29, 1.82) is 0 Å². The van der Waals surface area contributed by atoms with E-state index in [1.165, 1.54) is 12.1 Å². The average Bonchev–Trinajstić information content (AvgIpc) is 2.78. The van der Waals surface area contributed by atoms with Crippen LogP contribution in [0.1, 0.15) is 0 Å². The van der Waals surface area contributed by atoms with Crippen LogP contribution in [0.15, 0.2) is 36.5 Å². The largest absolute Gasteiger partial charge is 0.359 e. The molecule has 0 saturated heterocycles. The second kappa shape index (κ2) is 4.80. The number of nitrogens with zero attached hydrogens (tertiary/aromatic N) is 3. The zero-order valence-corrected chi connectivity index (χ0v) is 11.2. The lowest BCUT2D eigenvalue weighted by Gasteiger charge is -2.06. The maximum Gasteiger partial charge on any atom is 0.203 e. The van der Waals surface area contributed by atoms with Crippen molar-refractivity contribution in [3.05, 3.63) is 42.3 Å². The zero-order chi connectivity index (χ0) is 14.1. The van der Waals surface area contributed by atoms with Crippen LogP contribution in [0.4, 0.5) is 21.8 Å². The molecule has 2 heterocycles. The van der Waals surface area contributed by atoms with Gasteiger partial charge >= 0.3 is 0 Å². The highest BCUT2D eigenvalue weighted by Gasteiger charge is 2.07. The van der Waals surface area contributed by atoms with Crippen molar-refractivity contribution in [3.63, 3.8) is 0 Å². The molecule has 1 aromatic carbocycles. The lowest BCUT2D eigenvalue weighted by atomic mass is 10.3. The van der Waals surface area contributed by atoms with Gasteiger partial charge in [-0.05, 0) is 24.3 Å². The number of hydrogen-bond acceptors (Lipinski definition) is 4. The van der Waals surface area contributed by atoms with E-state index in [0.717, 1.165) is 22.7 Å². The molecule has 0 unspecified atom stereocenters. The summed E-state index contributed by atoms with van der Waals surface area (Å²) in [6.07, 6.45) is 1.71. The van der Waals surface area contributed by atoms with Crippen molar-refractivity contribution in [1.82, 2.24) is 14.5 Å². The van der Waals surface area contributed by atoms with Crippen molar-refractivity contribution >= 4 is 28.5 Å². The highest BCUT2D eigenvalue weighted by Crippen LogP contribution is 2.22. The third-order valence-electron chi connectivity index (χ3n) is 3.11. The molecule has 2 aromatic heterocycles. The van der Waals surface area contributed by atoms with Gasteiger partial charge in [-0.1, -0.05) is 0 Å². The number of nitrogens with one attached hydrogen (secondary N) is 2. The van der Waals surface area contributed by atoms with Gasteiger partial charge in [-0.3, -0.25) is 0 Å². The van der Waals surface area contributed by atoms with Crippen LogP contribution in [0.25, 0.3) is 11.0 Å². The number of rotatable bonds is 3. The van der Waals surface area contributed by atoms with Gasteiger partial charge in [-0.15, -0.1) is 0 Å². The van der Waals surface area contributed by atoms with Crippen molar-refractivity contribution in [2.24, 2.45) is 7.05 Å². The van der Waals surface area contributed by atoms with Crippen LogP contribution in [0.5, 0.6) is 0 Å². The average molecular weight is 271 g/mol. The summed E-state index contributed by atoms with van der Waals surface area (Å²) in [4.78, 5) is 8.71. The lowest BCUT2D eigenvalue weighted by Crippen LogP contribution is -1.98. The van der Waals surface area contributed by atoms with Gasteiger partial charge in [0.1, 0.15) is 17.2 Å². The second-order valence-electron chi connectivity index (χ2n) is 4.43. The topological polar surface area (TPSA) is 54.8 Å². The van der Waals surface area contributed by atoms with Gasteiger partial charge in [-0.25, -0.2) is 14.4 Å². The molecule has 0 fully saturated rings. The minimum atomic E-state index is -0.260. The minimum absolute atomic E-state index is 0.260. The number of benzene rings is 1. The van der Waals surface area contributed by atoms with Crippen molar-refractivity contribution in [2.75, 3.05) is 17.7 Å². The Kier molecular flexibility index (Phi) is 2.98. The maximum absolute atomic E-state index is 12.9. The summed E-state index contributed by atoms with van der Waals surface area (Å²) in [5.41, 5.74) is 2.57. The fourth-order valence-electron chi connectivity index (χ4n) is 2.07. The zero-order valence-electron chi connectivity index (χ0n) is 11.2. The number of aryl methyl sites for hydroxylation is 1. The molecule has 102 valence electrons. The Morgan fingerprint density at radius 3 is 2.65 bits per heavy atom. The first-order valence-electron chi connectivity index (χ1n) is 6.20. The van der Waals surface area contributed by atoms with E-state index in [4.69, 9.17) is 0 Å². The first-order valence-corrected chi connectivity index (χ1v) is 6.20. The van der Waals surface area contributed by atoms with Crippen LogP contribution < -0.4 is 10.6 Å². The second-order valence-corrected chi connectivity index (χ2v) is 4.43. The van der Waals surface area contributed by atoms with E-state index in [1.807, 2.05) is 24.7 Å². The standard InChI is InChI=1S/C14H14FN5/c1-16-14-19-11-8-17-13(7-12(11)20(14)2)18-10-5-3-9(15)4-6-10/h3-8H,1-2H3,(H,16,19)(H,17,18). The lowest BCUT2D eigenvalue weighted by molar-refractivity contribution is 0.628.